The molecule has 144 valence electrons. The third-order valence-corrected chi connectivity index (χ3v) is 3.54. The van der Waals surface area contributed by atoms with Gasteiger partial charge in [-0.3, -0.25) is 0 Å². The van der Waals surface area contributed by atoms with E-state index in [1.807, 2.05) is 6.92 Å². The molecule has 0 fully saturated rings. The summed E-state index contributed by atoms with van der Waals surface area (Å²) in [6.07, 6.45) is -4.00. The van der Waals surface area contributed by atoms with Crippen molar-refractivity contribution in [1.82, 2.24) is 0 Å². The molecule has 0 saturated carbocycles. The fourth-order valence-electron chi connectivity index (χ4n) is 2.24. The SMILES string of the molecule is CCO/N=C(/C(CC)=N/O)c1ccc(Oc2cccc(C(F)(F)F)c2)cc1. The summed E-state index contributed by atoms with van der Waals surface area (Å²) in [6, 6.07) is 11.1. The number of ether oxygens (including phenoxy) is 1. The van der Waals surface area contributed by atoms with Crippen molar-refractivity contribution in [2.45, 2.75) is 26.4 Å². The fourth-order valence-corrected chi connectivity index (χ4v) is 2.24. The Morgan fingerprint density at radius 3 is 2.30 bits per heavy atom. The molecule has 2 aromatic rings. The van der Waals surface area contributed by atoms with Crippen molar-refractivity contribution < 1.29 is 28.0 Å². The third-order valence-electron chi connectivity index (χ3n) is 3.54. The standard InChI is InChI=1S/C19H19F3N2O3/c1-3-17(23-25)18(24-26-4-2)13-8-10-15(11-9-13)27-16-7-5-6-14(12-16)19(20,21)22/h5-12,25H,3-4H2,1-2H3/b23-17+,24-18+. The van der Waals surface area contributed by atoms with Gasteiger partial charge in [-0.25, -0.2) is 0 Å². The lowest BCUT2D eigenvalue weighted by molar-refractivity contribution is -0.137. The Kier molecular flexibility index (Phi) is 6.81. The molecule has 5 nitrogen and oxygen atoms in total. The molecule has 0 bridgehead atoms. The average Bonchev–Trinajstić information content (AvgIpc) is 2.65. The number of halogens is 3. The van der Waals surface area contributed by atoms with Crippen LogP contribution in [0, 0.1) is 0 Å². The molecule has 0 aliphatic rings. The second-order valence-corrected chi connectivity index (χ2v) is 5.41. The molecule has 0 aliphatic heterocycles. The van der Waals surface area contributed by atoms with Crippen LogP contribution < -0.4 is 4.74 Å². The predicted octanol–water partition coefficient (Wildman–Crippen LogP) is 5.48. The number of benzene rings is 2. The summed E-state index contributed by atoms with van der Waals surface area (Å²) in [4.78, 5) is 5.06. The van der Waals surface area contributed by atoms with Crippen molar-refractivity contribution in [3.63, 3.8) is 0 Å². The smallest absolute Gasteiger partial charge is 0.416 e. The Morgan fingerprint density at radius 2 is 1.74 bits per heavy atom. The highest BCUT2D eigenvalue weighted by molar-refractivity contribution is 6.48. The highest BCUT2D eigenvalue weighted by Crippen LogP contribution is 2.32. The molecule has 0 aliphatic carbocycles. The van der Waals surface area contributed by atoms with Crippen molar-refractivity contribution >= 4 is 11.4 Å². The van der Waals surface area contributed by atoms with Crippen LogP contribution >= 0.6 is 0 Å². The maximum absolute atomic E-state index is 12.8. The first kappa shape index (κ1) is 20.3. The van der Waals surface area contributed by atoms with Gasteiger partial charge in [-0.1, -0.05) is 23.3 Å². The zero-order chi connectivity index (χ0) is 19.9. The molecule has 8 heteroatoms. The maximum atomic E-state index is 12.8. The summed E-state index contributed by atoms with van der Waals surface area (Å²) < 4.78 is 43.8. The normalized spacial score (nSPS) is 12.8. The van der Waals surface area contributed by atoms with E-state index >= 15 is 0 Å². The maximum Gasteiger partial charge on any atom is 0.416 e. The van der Waals surface area contributed by atoms with Crippen LogP contribution in [0.4, 0.5) is 13.2 Å². The van der Waals surface area contributed by atoms with Gasteiger partial charge in [0, 0.05) is 5.56 Å². The first-order valence-corrected chi connectivity index (χ1v) is 8.25. The van der Waals surface area contributed by atoms with Crippen molar-refractivity contribution in [3.8, 4) is 11.5 Å². The Balaban J connectivity index is 2.24. The van der Waals surface area contributed by atoms with Gasteiger partial charge in [-0.15, -0.1) is 0 Å². The molecule has 0 saturated heterocycles. The summed E-state index contributed by atoms with van der Waals surface area (Å²) in [6.45, 7) is 3.93. The number of hydrogen-bond donors (Lipinski definition) is 1. The lowest BCUT2D eigenvalue weighted by Crippen LogP contribution is -2.15. The van der Waals surface area contributed by atoms with Gasteiger partial charge >= 0.3 is 6.18 Å². The van der Waals surface area contributed by atoms with E-state index in [9.17, 15) is 13.2 Å². The van der Waals surface area contributed by atoms with Gasteiger partial charge in [-0.2, -0.15) is 13.2 Å². The van der Waals surface area contributed by atoms with Gasteiger partial charge in [0.25, 0.3) is 0 Å². The number of rotatable bonds is 7. The molecule has 0 aromatic heterocycles. The monoisotopic (exact) mass is 380 g/mol. The zero-order valence-corrected chi connectivity index (χ0v) is 14.8. The molecule has 1 N–H and O–H groups in total. The molecule has 0 amide bonds. The second-order valence-electron chi connectivity index (χ2n) is 5.41. The Hall–Kier alpha value is -3.03. The van der Waals surface area contributed by atoms with Crippen LogP contribution in [-0.2, 0) is 11.0 Å². The van der Waals surface area contributed by atoms with Crippen LogP contribution in [0.5, 0.6) is 11.5 Å². The quantitative estimate of drug-likeness (QED) is 0.393. The van der Waals surface area contributed by atoms with Crippen LogP contribution in [0.1, 0.15) is 31.4 Å². The predicted molar refractivity (Wildman–Crippen MR) is 95.6 cm³/mol. The highest BCUT2D eigenvalue weighted by Gasteiger charge is 2.30. The van der Waals surface area contributed by atoms with Crippen LogP contribution in [0.2, 0.25) is 0 Å². The first-order valence-electron chi connectivity index (χ1n) is 8.25. The van der Waals surface area contributed by atoms with Crippen molar-refractivity contribution in [1.29, 1.82) is 0 Å². The molecule has 2 aromatic carbocycles. The molecule has 2 rings (SSSR count). The summed E-state index contributed by atoms with van der Waals surface area (Å²) in [7, 11) is 0. The van der Waals surface area contributed by atoms with Gasteiger partial charge < -0.3 is 14.8 Å². The van der Waals surface area contributed by atoms with E-state index < -0.39 is 11.7 Å². The number of nitrogens with zero attached hydrogens (tertiary/aromatic N) is 2. The van der Waals surface area contributed by atoms with E-state index in [1.54, 1.807) is 31.2 Å². The fraction of sp³-hybridized carbons (Fsp3) is 0.263. The number of oxime groups is 2. The van der Waals surface area contributed by atoms with E-state index in [0.29, 0.717) is 35.8 Å². The summed E-state index contributed by atoms with van der Waals surface area (Å²) in [5.41, 5.74) is 0.548. The number of alkyl halides is 3. The lowest BCUT2D eigenvalue weighted by Gasteiger charge is -2.11. The van der Waals surface area contributed by atoms with Gasteiger partial charge in [0.15, 0.2) is 0 Å². The van der Waals surface area contributed by atoms with Crippen molar-refractivity contribution in [2.75, 3.05) is 6.61 Å². The minimum absolute atomic E-state index is 0.0759. The van der Waals surface area contributed by atoms with Crippen molar-refractivity contribution in [3.05, 3.63) is 59.7 Å². The molecular weight excluding hydrogens is 361 g/mol. The Morgan fingerprint density at radius 1 is 1.04 bits per heavy atom. The minimum Gasteiger partial charge on any atom is -0.457 e. The van der Waals surface area contributed by atoms with Crippen LogP contribution in [0.25, 0.3) is 0 Å². The molecule has 0 unspecified atom stereocenters. The minimum atomic E-state index is -4.44. The zero-order valence-electron chi connectivity index (χ0n) is 14.8. The molecule has 0 atom stereocenters. The van der Waals surface area contributed by atoms with Crippen LogP contribution in [0.3, 0.4) is 0 Å². The Bertz CT molecular complexity index is 816. The van der Waals surface area contributed by atoms with Gasteiger partial charge in [-0.05, 0) is 55.8 Å². The summed E-state index contributed by atoms with van der Waals surface area (Å²) in [5, 5.41) is 16.3. The van der Waals surface area contributed by atoms with E-state index in [2.05, 4.69) is 10.3 Å². The van der Waals surface area contributed by atoms with Gasteiger partial charge in [0.1, 0.15) is 29.5 Å². The second kappa shape index (κ2) is 9.07. The van der Waals surface area contributed by atoms with Gasteiger partial charge in [0.05, 0.1) is 5.56 Å². The lowest BCUT2D eigenvalue weighted by atomic mass is 10.0. The average molecular weight is 380 g/mol. The summed E-state index contributed by atoms with van der Waals surface area (Å²) >= 11 is 0. The van der Waals surface area contributed by atoms with E-state index in [-0.39, 0.29) is 5.75 Å². The molecular formula is C19H19F3N2O3. The first-order chi connectivity index (χ1) is 12.9. The third kappa shape index (κ3) is 5.47. The van der Waals surface area contributed by atoms with E-state index in [4.69, 9.17) is 14.8 Å². The van der Waals surface area contributed by atoms with E-state index in [1.165, 1.54) is 12.1 Å². The van der Waals surface area contributed by atoms with Crippen molar-refractivity contribution in [2.24, 2.45) is 10.3 Å². The summed E-state index contributed by atoms with van der Waals surface area (Å²) in [5.74, 6) is 0.430. The molecule has 0 heterocycles. The molecule has 0 radical (unpaired) electrons. The molecule has 27 heavy (non-hydrogen) atoms. The highest BCUT2D eigenvalue weighted by atomic mass is 19.4. The topological polar surface area (TPSA) is 63.4 Å². The van der Waals surface area contributed by atoms with Crippen LogP contribution in [0.15, 0.2) is 58.8 Å². The van der Waals surface area contributed by atoms with E-state index in [0.717, 1.165) is 12.1 Å². The Labute approximate surface area is 154 Å². The van der Waals surface area contributed by atoms with Gasteiger partial charge in [0.2, 0.25) is 0 Å². The largest absolute Gasteiger partial charge is 0.457 e. The molecule has 0 spiro atoms. The number of hydrogen-bond acceptors (Lipinski definition) is 5. The van der Waals surface area contributed by atoms with Crippen LogP contribution in [-0.4, -0.2) is 23.2 Å².